The molecule has 0 radical (unpaired) electrons. The normalized spacial score (nSPS) is 10.5. The molecule has 0 saturated carbocycles. The molecule has 0 aliphatic heterocycles. The molecular weight excluding hydrogens is 262 g/mol. The molecule has 0 unspecified atom stereocenters. The van der Waals surface area contributed by atoms with E-state index in [1.807, 2.05) is 17.5 Å². The van der Waals surface area contributed by atoms with Crippen LogP contribution in [0.25, 0.3) is 5.95 Å². The van der Waals surface area contributed by atoms with Gasteiger partial charge in [-0.2, -0.15) is 20.1 Å². The second-order valence-electron chi connectivity index (χ2n) is 3.70. The van der Waals surface area contributed by atoms with E-state index in [4.69, 9.17) is 5.73 Å². The summed E-state index contributed by atoms with van der Waals surface area (Å²) in [6, 6.07) is 5.83. The number of thiophene rings is 1. The number of hydrogen-bond acceptors (Lipinski definition) is 7. The standard InChI is InChI=1S/C11H11N7S/c12-9-15-10(13-7-8-3-1-6-19-8)17-11(16-9)18-5-2-4-14-18/h1-6H,7H2,(H3,12,13,15,16,17). The highest BCUT2D eigenvalue weighted by molar-refractivity contribution is 7.09. The van der Waals surface area contributed by atoms with Gasteiger partial charge in [-0.15, -0.1) is 11.3 Å². The predicted molar refractivity (Wildman–Crippen MR) is 73.0 cm³/mol. The van der Waals surface area contributed by atoms with Crippen molar-refractivity contribution >= 4 is 23.2 Å². The molecule has 8 heteroatoms. The molecule has 3 rings (SSSR count). The van der Waals surface area contributed by atoms with Crippen LogP contribution in [0.15, 0.2) is 36.0 Å². The Bertz CT molecular complexity index is 648. The Labute approximate surface area is 113 Å². The number of anilines is 2. The first-order chi connectivity index (χ1) is 9.31. The number of hydrogen-bond donors (Lipinski definition) is 2. The van der Waals surface area contributed by atoms with Crippen molar-refractivity contribution in [1.82, 2.24) is 24.7 Å². The maximum Gasteiger partial charge on any atom is 0.257 e. The summed E-state index contributed by atoms with van der Waals surface area (Å²) >= 11 is 1.67. The van der Waals surface area contributed by atoms with Crippen LogP contribution in [0.1, 0.15) is 4.88 Å². The first-order valence-electron chi connectivity index (χ1n) is 5.59. The number of nitrogens with one attached hydrogen (secondary N) is 1. The lowest BCUT2D eigenvalue weighted by Crippen LogP contribution is -2.11. The zero-order valence-corrected chi connectivity index (χ0v) is 10.7. The van der Waals surface area contributed by atoms with Gasteiger partial charge in [-0.3, -0.25) is 0 Å². The molecule has 0 bridgehead atoms. The third-order valence-corrected chi connectivity index (χ3v) is 3.23. The third-order valence-electron chi connectivity index (χ3n) is 2.35. The number of nitrogen functional groups attached to an aromatic ring is 1. The summed E-state index contributed by atoms with van der Waals surface area (Å²) in [6.07, 6.45) is 3.40. The zero-order valence-electron chi connectivity index (χ0n) is 9.89. The molecule has 3 N–H and O–H groups in total. The van der Waals surface area contributed by atoms with E-state index in [9.17, 15) is 0 Å². The fourth-order valence-electron chi connectivity index (χ4n) is 1.53. The van der Waals surface area contributed by atoms with Gasteiger partial charge in [-0.25, -0.2) is 4.68 Å². The number of nitrogens with zero attached hydrogens (tertiary/aromatic N) is 5. The molecule has 0 atom stereocenters. The van der Waals surface area contributed by atoms with Gasteiger partial charge in [0.15, 0.2) is 0 Å². The fourth-order valence-corrected chi connectivity index (χ4v) is 2.17. The Morgan fingerprint density at radius 2 is 2.21 bits per heavy atom. The van der Waals surface area contributed by atoms with Crippen LogP contribution in [0, 0.1) is 0 Å². The van der Waals surface area contributed by atoms with Gasteiger partial charge in [0, 0.05) is 17.3 Å². The Morgan fingerprint density at radius 3 is 2.95 bits per heavy atom. The molecule has 3 aromatic rings. The molecule has 3 aromatic heterocycles. The Morgan fingerprint density at radius 1 is 1.26 bits per heavy atom. The molecule has 7 nitrogen and oxygen atoms in total. The van der Waals surface area contributed by atoms with Crippen molar-refractivity contribution in [2.45, 2.75) is 6.54 Å². The van der Waals surface area contributed by atoms with Crippen LogP contribution in [-0.2, 0) is 6.54 Å². The van der Waals surface area contributed by atoms with Gasteiger partial charge in [0.1, 0.15) is 0 Å². The van der Waals surface area contributed by atoms with E-state index in [0.29, 0.717) is 18.4 Å². The second-order valence-corrected chi connectivity index (χ2v) is 4.73. The van der Waals surface area contributed by atoms with Crippen LogP contribution in [0.2, 0.25) is 0 Å². The number of nitrogens with two attached hydrogens (primary N) is 1. The average Bonchev–Trinajstić information content (AvgIpc) is 3.09. The van der Waals surface area contributed by atoms with Crippen LogP contribution >= 0.6 is 11.3 Å². The Balaban J connectivity index is 1.82. The van der Waals surface area contributed by atoms with E-state index >= 15 is 0 Å². The van der Waals surface area contributed by atoms with Crippen LogP contribution in [-0.4, -0.2) is 24.7 Å². The summed E-state index contributed by atoms with van der Waals surface area (Å²) in [7, 11) is 0. The minimum absolute atomic E-state index is 0.161. The van der Waals surface area contributed by atoms with E-state index in [0.717, 1.165) is 0 Å². The van der Waals surface area contributed by atoms with Crippen molar-refractivity contribution in [1.29, 1.82) is 0 Å². The molecule has 3 heterocycles. The summed E-state index contributed by atoms with van der Waals surface area (Å²) in [5.74, 6) is 0.992. The zero-order chi connectivity index (χ0) is 13.1. The molecule has 0 amide bonds. The average molecular weight is 273 g/mol. The van der Waals surface area contributed by atoms with E-state index < -0.39 is 0 Å². The van der Waals surface area contributed by atoms with Crippen molar-refractivity contribution in [3.63, 3.8) is 0 Å². The molecule has 96 valence electrons. The van der Waals surface area contributed by atoms with Crippen molar-refractivity contribution < 1.29 is 0 Å². The molecule has 19 heavy (non-hydrogen) atoms. The van der Waals surface area contributed by atoms with Crippen molar-refractivity contribution in [2.75, 3.05) is 11.1 Å². The van der Waals surface area contributed by atoms with Gasteiger partial charge >= 0.3 is 0 Å². The molecule has 0 aromatic carbocycles. The Kier molecular flexibility index (Phi) is 3.07. The molecular formula is C11H11N7S. The highest BCUT2D eigenvalue weighted by Crippen LogP contribution is 2.11. The lowest BCUT2D eigenvalue weighted by molar-refractivity contribution is 0.799. The van der Waals surface area contributed by atoms with Gasteiger partial charge in [0.05, 0.1) is 6.54 Å². The van der Waals surface area contributed by atoms with Crippen molar-refractivity contribution in [2.24, 2.45) is 0 Å². The second kappa shape index (κ2) is 5.02. The largest absolute Gasteiger partial charge is 0.368 e. The highest BCUT2D eigenvalue weighted by atomic mass is 32.1. The third kappa shape index (κ3) is 2.68. The monoisotopic (exact) mass is 273 g/mol. The van der Waals surface area contributed by atoms with Gasteiger partial charge in [0.2, 0.25) is 11.9 Å². The summed E-state index contributed by atoms with van der Waals surface area (Å²) < 4.78 is 1.54. The minimum Gasteiger partial charge on any atom is -0.368 e. The van der Waals surface area contributed by atoms with Gasteiger partial charge in [0.25, 0.3) is 5.95 Å². The maximum absolute atomic E-state index is 5.67. The van der Waals surface area contributed by atoms with Crippen LogP contribution in [0.3, 0.4) is 0 Å². The molecule has 0 fully saturated rings. The quantitative estimate of drug-likeness (QED) is 0.744. The van der Waals surface area contributed by atoms with Crippen molar-refractivity contribution in [3.05, 3.63) is 40.8 Å². The van der Waals surface area contributed by atoms with Gasteiger partial charge in [-0.05, 0) is 17.5 Å². The lowest BCUT2D eigenvalue weighted by Gasteiger charge is -2.06. The first kappa shape index (κ1) is 11.6. The molecule has 0 aliphatic rings. The SMILES string of the molecule is Nc1nc(NCc2cccs2)nc(-n2cccn2)n1. The fraction of sp³-hybridized carbons (Fsp3) is 0.0909. The van der Waals surface area contributed by atoms with Gasteiger partial charge < -0.3 is 11.1 Å². The minimum atomic E-state index is 0.161. The molecule has 0 spiro atoms. The number of aromatic nitrogens is 5. The van der Waals surface area contributed by atoms with Gasteiger partial charge in [-0.1, -0.05) is 6.07 Å². The molecule has 0 saturated heterocycles. The van der Waals surface area contributed by atoms with Crippen LogP contribution < -0.4 is 11.1 Å². The predicted octanol–water partition coefficient (Wildman–Crippen LogP) is 1.31. The van der Waals surface area contributed by atoms with Crippen LogP contribution in [0.5, 0.6) is 0 Å². The summed E-state index contributed by atoms with van der Waals surface area (Å²) in [4.78, 5) is 13.6. The van der Waals surface area contributed by atoms with Crippen LogP contribution in [0.4, 0.5) is 11.9 Å². The van der Waals surface area contributed by atoms with E-state index in [-0.39, 0.29) is 5.95 Å². The topological polar surface area (TPSA) is 94.5 Å². The Hall–Kier alpha value is -2.48. The maximum atomic E-state index is 5.67. The lowest BCUT2D eigenvalue weighted by atomic mass is 10.5. The smallest absolute Gasteiger partial charge is 0.257 e. The van der Waals surface area contributed by atoms with Crippen molar-refractivity contribution in [3.8, 4) is 5.95 Å². The van der Waals surface area contributed by atoms with E-state index in [1.54, 1.807) is 29.8 Å². The summed E-state index contributed by atoms with van der Waals surface area (Å²) in [5.41, 5.74) is 5.67. The van der Waals surface area contributed by atoms with E-state index in [1.165, 1.54) is 9.56 Å². The summed E-state index contributed by atoms with van der Waals surface area (Å²) in [5, 5.41) is 9.20. The summed E-state index contributed by atoms with van der Waals surface area (Å²) in [6.45, 7) is 0.652. The first-order valence-corrected chi connectivity index (χ1v) is 6.47. The molecule has 0 aliphatic carbocycles. The highest BCUT2D eigenvalue weighted by Gasteiger charge is 2.06. The number of rotatable bonds is 4. The van der Waals surface area contributed by atoms with E-state index in [2.05, 4.69) is 25.4 Å².